The first-order valence-electron chi connectivity index (χ1n) is 7.94. The van der Waals surface area contributed by atoms with Crippen LogP contribution in [0.5, 0.6) is 0 Å². The van der Waals surface area contributed by atoms with Gasteiger partial charge in [0.2, 0.25) is 0 Å². The number of thiazole rings is 1. The number of carbonyl (C=O) groups excluding carboxylic acids is 1. The molecule has 2 aromatic heterocycles. The number of benzene rings is 1. The molecule has 0 fully saturated rings. The molecular weight excluding hydrogens is 339 g/mol. The molecule has 3 N–H and O–H groups in total. The summed E-state index contributed by atoms with van der Waals surface area (Å²) in [7, 11) is 0. The molecule has 0 aliphatic heterocycles. The van der Waals surface area contributed by atoms with Crippen LogP contribution in [0.4, 0.5) is 9.52 Å². The summed E-state index contributed by atoms with van der Waals surface area (Å²) in [6, 6.07) is 8.32. The van der Waals surface area contributed by atoms with E-state index < -0.39 is 5.91 Å². The lowest BCUT2D eigenvalue weighted by molar-refractivity contribution is 0.0999. The summed E-state index contributed by atoms with van der Waals surface area (Å²) in [5.41, 5.74) is 8.63. The normalized spacial score (nSPS) is 10.8. The van der Waals surface area contributed by atoms with Gasteiger partial charge in [-0.1, -0.05) is 18.2 Å². The van der Waals surface area contributed by atoms with Crippen LogP contribution in [0.1, 0.15) is 28.5 Å². The van der Waals surface area contributed by atoms with Crippen LogP contribution in [-0.2, 0) is 6.54 Å². The van der Waals surface area contributed by atoms with Crippen LogP contribution in [0.25, 0.3) is 11.4 Å². The first-order valence-corrected chi connectivity index (χ1v) is 8.82. The molecule has 0 spiro atoms. The molecular formula is C18H19FN4OS. The highest BCUT2D eigenvalue weighted by Crippen LogP contribution is 2.30. The van der Waals surface area contributed by atoms with E-state index in [2.05, 4.69) is 10.3 Å². The van der Waals surface area contributed by atoms with Gasteiger partial charge >= 0.3 is 0 Å². The minimum Gasteiger partial charge on any atom is -0.366 e. The van der Waals surface area contributed by atoms with Crippen molar-refractivity contribution in [2.75, 3.05) is 11.9 Å². The molecule has 130 valence electrons. The molecule has 2 heterocycles. The Labute approximate surface area is 149 Å². The summed E-state index contributed by atoms with van der Waals surface area (Å²) in [6.07, 6.45) is 0. The third-order valence-corrected chi connectivity index (χ3v) is 4.81. The van der Waals surface area contributed by atoms with Crippen molar-refractivity contribution in [3.8, 4) is 11.4 Å². The molecule has 1 aromatic carbocycles. The van der Waals surface area contributed by atoms with Crippen molar-refractivity contribution in [1.29, 1.82) is 0 Å². The van der Waals surface area contributed by atoms with Crippen molar-refractivity contribution in [2.45, 2.75) is 20.4 Å². The second-order valence-corrected chi connectivity index (χ2v) is 6.50. The standard InChI is InChI=1S/C18H19FN4OS/c1-3-21-18-22-15(10-25-18)16-8-13(17(20)24)11(2)23(16)9-12-6-4-5-7-14(12)19/h4-8,10H,3,9H2,1-2H3,(H2,20,24)(H,21,22). The molecule has 0 aliphatic rings. The zero-order valence-electron chi connectivity index (χ0n) is 14.0. The van der Waals surface area contributed by atoms with E-state index in [1.54, 1.807) is 24.3 Å². The van der Waals surface area contributed by atoms with Crippen molar-refractivity contribution in [3.05, 3.63) is 58.3 Å². The topological polar surface area (TPSA) is 72.9 Å². The number of anilines is 1. The summed E-state index contributed by atoms with van der Waals surface area (Å²) in [4.78, 5) is 16.3. The fourth-order valence-corrected chi connectivity index (χ4v) is 3.51. The van der Waals surface area contributed by atoms with Gasteiger partial charge in [-0.3, -0.25) is 4.79 Å². The van der Waals surface area contributed by atoms with E-state index in [1.807, 2.05) is 23.8 Å². The van der Waals surface area contributed by atoms with Crippen LogP contribution in [0.15, 0.2) is 35.7 Å². The number of nitrogens with zero attached hydrogens (tertiary/aromatic N) is 2. The fourth-order valence-electron chi connectivity index (χ4n) is 2.73. The van der Waals surface area contributed by atoms with Gasteiger partial charge in [0, 0.05) is 23.2 Å². The third kappa shape index (κ3) is 3.41. The van der Waals surface area contributed by atoms with Crippen LogP contribution in [-0.4, -0.2) is 22.0 Å². The molecule has 0 unspecified atom stereocenters. The van der Waals surface area contributed by atoms with Crippen molar-refractivity contribution in [3.63, 3.8) is 0 Å². The monoisotopic (exact) mass is 358 g/mol. The van der Waals surface area contributed by atoms with Crippen LogP contribution in [0.2, 0.25) is 0 Å². The predicted octanol–water partition coefficient (Wildman–Crippen LogP) is 3.64. The second kappa shape index (κ2) is 7.06. The van der Waals surface area contributed by atoms with Crippen LogP contribution < -0.4 is 11.1 Å². The van der Waals surface area contributed by atoms with Crippen molar-refractivity contribution < 1.29 is 9.18 Å². The number of halogens is 1. The summed E-state index contributed by atoms with van der Waals surface area (Å²) in [5, 5.41) is 5.88. The average molecular weight is 358 g/mol. The van der Waals surface area contributed by atoms with E-state index in [0.717, 1.165) is 23.1 Å². The number of primary amides is 1. The lowest BCUT2D eigenvalue weighted by Gasteiger charge is -2.11. The molecule has 7 heteroatoms. The quantitative estimate of drug-likeness (QED) is 0.707. The first kappa shape index (κ1) is 17.2. The van der Waals surface area contributed by atoms with E-state index in [4.69, 9.17) is 5.73 Å². The molecule has 0 atom stereocenters. The fraction of sp³-hybridized carbons (Fsp3) is 0.222. The Morgan fingerprint density at radius 2 is 2.16 bits per heavy atom. The highest BCUT2D eigenvalue weighted by molar-refractivity contribution is 7.14. The van der Waals surface area contributed by atoms with Gasteiger partial charge in [0.1, 0.15) is 5.82 Å². The first-order chi connectivity index (χ1) is 12.0. The Kier molecular flexibility index (Phi) is 4.85. The van der Waals surface area contributed by atoms with Crippen LogP contribution in [0, 0.1) is 12.7 Å². The number of rotatable bonds is 6. The Morgan fingerprint density at radius 3 is 2.84 bits per heavy atom. The van der Waals surface area contributed by atoms with Crippen molar-refractivity contribution in [2.24, 2.45) is 5.73 Å². The zero-order chi connectivity index (χ0) is 18.0. The summed E-state index contributed by atoms with van der Waals surface area (Å²) in [6.45, 7) is 4.88. The molecule has 0 saturated heterocycles. The summed E-state index contributed by atoms with van der Waals surface area (Å²) < 4.78 is 16.0. The van der Waals surface area contributed by atoms with Crippen molar-refractivity contribution in [1.82, 2.24) is 9.55 Å². The number of hydrogen-bond acceptors (Lipinski definition) is 4. The molecule has 1 amide bonds. The van der Waals surface area contributed by atoms with Gasteiger partial charge < -0.3 is 15.6 Å². The maximum absolute atomic E-state index is 14.1. The van der Waals surface area contributed by atoms with E-state index >= 15 is 0 Å². The molecule has 3 rings (SSSR count). The number of aromatic nitrogens is 2. The molecule has 5 nitrogen and oxygen atoms in total. The van der Waals surface area contributed by atoms with Gasteiger partial charge in [-0.2, -0.15) is 0 Å². The summed E-state index contributed by atoms with van der Waals surface area (Å²) >= 11 is 1.48. The minimum atomic E-state index is -0.506. The smallest absolute Gasteiger partial charge is 0.250 e. The van der Waals surface area contributed by atoms with Gasteiger partial charge in [0.05, 0.1) is 23.5 Å². The van der Waals surface area contributed by atoms with Gasteiger partial charge in [-0.15, -0.1) is 11.3 Å². The molecule has 0 bridgehead atoms. The maximum Gasteiger partial charge on any atom is 0.250 e. The van der Waals surface area contributed by atoms with E-state index in [9.17, 15) is 9.18 Å². The highest BCUT2D eigenvalue weighted by Gasteiger charge is 2.19. The highest BCUT2D eigenvalue weighted by atomic mass is 32.1. The third-order valence-electron chi connectivity index (χ3n) is 4.01. The molecule has 0 aliphatic carbocycles. The number of amides is 1. The predicted molar refractivity (Wildman–Crippen MR) is 98.5 cm³/mol. The van der Waals surface area contributed by atoms with E-state index in [-0.39, 0.29) is 5.82 Å². The number of nitrogens with one attached hydrogen (secondary N) is 1. The van der Waals surface area contributed by atoms with Gasteiger partial charge in [-0.25, -0.2) is 9.37 Å². The van der Waals surface area contributed by atoms with E-state index in [0.29, 0.717) is 23.4 Å². The largest absolute Gasteiger partial charge is 0.366 e. The molecule has 0 saturated carbocycles. The lowest BCUT2D eigenvalue weighted by atomic mass is 10.2. The van der Waals surface area contributed by atoms with Crippen molar-refractivity contribution >= 4 is 22.4 Å². The number of carbonyl (C=O) groups is 1. The van der Waals surface area contributed by atoms with Gasteiger partial charge in [0.15, 0.2) is 5.13 Å². The van der Waals surface area contributed by atoms with Gasteiger partial charge in [-0.05, 0) is 26.0 Å². The Hall–Kier alpha value is -2.67. The Balaban J connectivity index is 2.08. The number of nitrogens with two attached hydrogens (primary N) is 1. The van der Waals surface area contributed by atoms with Gasteiger partial charge in [0.25, 0.3) is 5.91 Å². The number of hydrogen-bond donors (Lipinski definition) is 2. The second-order valence-electron chi connectivity index (χ2n) is 5.64. The van der Waals surface area contributed by atoms with Crippen LogP contribution in [0.3, 0.4) is 0 Å². The Morgan fingerprint density at radius 1 is 1.40 bits per heavy atom. The zero-order valence-corrected chi connectivity index (χ0v) is 14.9. The average Bonchev–Trinajstić information content (AvgIpc) is 3.15. The lowest BCUT2D eigenvalue weighted by Crippen LogP contribution is -2.13. The molecule has 25 heavy (non-hydrogen) atoms. The van der Waals surface area contributed by atoms with Crippen LogP contribution >= 0.6 is 11.3 Å². The minimum absolute atomic E-state index is 0.284. The Bertz CT molecular complexity index is 916. The molecule has 3 aromatic rings. The maximum atomic E-state index is 14.1. The molecule has 0 radical (unpaired) electrons. The summed E-state index contributed by atoms with van der Waals surface area (Å²) in [5.74, 6) is -0.790. The van der Waals surface area contributed by atoms with E-state index in [1.165, 1.54) is 17.4 Å². The SMILES string of the molecule is CCNc1nc(-c2cc(C(N)=O)c(C)n2Cc2ccccc2F)cs1.